The number of allylic oxidation sites excluding steroid dienone is 2. The molecule has 0 unspecified atom stereocenters. The third kappa shape index (κ3) is 4.04. The molecule has 0 aromatic heterocycles. The highest BCUT2D eigenvalue weighted by molar-refractivity contribution is 5.77. The van der Waals surface area contributed by atoms with Gasteiger partial charge in [0, 0.05) is 12.1 Å². The zero-order valence-corrected chi connectivity index (χ0v) is 12.0. The van der Waals surface area contributed by atoms with Gasteiger partial charge in [-0.05, 0) is 49.6 Å². The molecule has 0 bridgehead atoms. The molecule has 0 fully saturated rings. The second-order valence-electron chi connectivity index (χ2n) is 4.90. The first-order chi connectivity index (χ1) is 9.01. The maximum atomic E-state index is 13.5. The van der Waals surface area contributed by atoms with Gasteiger partial charge in [-0.2, -0.15) is 0 Å². The summed E-state index contributed by atoms with van der Waals surface area (Å²) in [7, 11) is 0. The number of halogens is 1. The summed E-state index contributed by atoms with van der Waals surface area (Å²) in [4.78, 5) is 0. The van der Waals surface area contributed by atoms with Gasteiger partial charge in [-0.1, -0.05) is 19.9 Å². The summed E-state index contributed by atoms with van der Waals surface area (Å²) in [5.74, 6) is 6.11. The lowest BCUT2D eigenvalue weighted by Crippen LogP contribution is -2.33. The monoisotopic (exact) mass is 265 g/mol. The summed E-state index contributed by atoms with van der Waals surface area (Å²) in [6.07, 6.45) is 2.83. The lowest BCUT2D eigenvalue weighted by atomic mass is 9.93. The van der Waals surface area contributed by atoms with E-state index in [1.54, 1.807) is 11.1 Å². The van der Waals surface area contributed by atoms with Crippen molar-refractivity contribution in [2.45, 2.75) is 27.2 Å². The van der Waals surface area contributed by atoms with Gasteiger partial charge in [0.05, 0.1) is 5.69 Å². The van der Waals surface area contributed by atoms with Gasteiger partial charge in [0.25, 0.3) is 0 Å². The molecule has 19 heavy (non-hydrogen) atoms. The Morgan fingerprint density at radius 1 is 1.42 bits per heavy atom. The summed E-state index contributed by atoms with van der Waals surface area (Å²) in [6, 6.07) is 4.75. The molecule has 1 aromatic rings. The molecule has 0 aliphatic rings. The Kier molecular flexibility index (Phi) is 5.99. The minimum Gasteiger partial charge on any atom is -0.330 e. The highest BCUT2D eigenvalue weighted by atomic mass is 19.1. The van der Waals surface area contributed by atoms with Crippen molar-refractivity contribution in [3.8, 4) is 0 Å². The molecule has 106 valence electrons. The average molecular weight is 265 g/mol. The molecule has 1 aromatic carbocycles. The lowest BCUT2D eigenvalue weighted by Gasteiger charge is -2.24. The Labute approximate surface area is 115 Å². The van der Waals surface area contributed by atoms with E-state index >= 15 is 0 Å². The number of rotatable bonds is 6. The van der Waals surface area contributed by atoms with Crippen molar-refractivity contribution < 1.29 is 4.39 Å². The van der Waals surface area contributed by atoms with Crippen LogP contribution >= 0.6 is 0 Å². The molecule has 0 saturated heterocycles. The van der Waals surface area contributed by atoms with E-state index in [0.717, 1.165) is 23.2 Å². The zero-order chi connectivity index (χ0) is 14.4. The number of hydrazine groups is 1. The van der Waals surface area contributed by atoms with E-state index in [0.29, 0.717) is 19.0 Å². The fraction of sp³-hybridized carbons (Fsp3) is 0.467. The Morgan fingerprint density at radius 3 is 2.63 bits per heavy atom. The Bertz CT molecular complexity index is 441. The van der Waals surface area contributed by atoms with Gasteiger partial charge < -0.3 is 10.7 Å². The summed E-state index contributed by atoms with van der Waals surface area (Å²) in [5.41, 5.74) is 8.36. The topological polar surface area (TPSA) is 55.3 Å². The van der Waals surface area contributed by atoms with Gasteiger partial charge >= 0.3 is 0 Å². The van der Waals surface area contributed by atoms with Crippen LogP contribution < -0.4 is 16.6 Å². The van der Waals surface area contributed by atoms with Crippen molar-refractivity contribution in [1.82, 2.24) is 0 Å². The number of hydrogen-bond donors (Lipinski definition) is 2. The number of hydrogen-bond acceptors (Lipinski definition) is 3. The van der Waals surface area contributed by atoms with Crippen molar-refractivity contribution in [2.24, 2.45) is 17.5 Å². The van der Waals surface area contributed by atoms with Crippen LogP contribution in [0.15, 0.2) is 24.3 Å². The molecule has 0 heterocycles. The number of anilines is 1. The molecule has 0 radical (unpaired) electrons. The van der Waals surface area contributed by atoms with Gasteiger partial charge in [-0.3, -0.25) is 0 Å². The van der Waals surface area contributed by atoms with Crippen LogP contribution in [0.3, 0.4) is 0 Å². The molecule has 0 aliphatic heterocycles. The number of nitrogens with zero attached hydrogens (tertiary/aromatic N) is 1. The largest absolute Gasteiger partial charge is 0.330 e. The third-order valence-corrected chi connectivity index (χ3v) is 3.12. The zero-order valence-electron chi connectivity index (χ0n) is 12.0. The minimum atomic E-state index is -0.277. The van der Waals surface area contributed by atoms with Crippen LogP contribution in [-0.4, -0.2) is 13.1 Å². The quantitative estimate of drug-likeness (QED) is 0.614. The van der Waals surface area contributed by atoms with Gasteiger partial charge in [0.1, 0.15) is 5.82 Å². The van der Waals surface area contributed by atoms with Crippen LogP contribution in [0.25, 0.3) is 5.57 Å². The first kappa shape index (κ1) is 15.7. The molecule has 4 N–H and O–H groups in total. The minimum absolute atomic E-state index is 0.277. The standard InChI is InChI=1S/C15H24FN3/c1-4-13(11(2)3)14-7-6-12(16)10-15(14)19(18)9-5-8-17/h4,6-7,10-11H,5,8-9,17-18H2,1-3H3/b13-4-. The van der Waals surface area contributed by atoms with E-state index < -0.39 is 0 Å². The molecular weight excluding hydrogens is 241 g/mol. The third-order valence-electron chi connectivity index (χ3n) is 3.12. The van der Waals surface area contributed by atoms with E-state index in [2.05, 4.69) is 19.9 Å². The molecule has 4 heteroatoms. The van der Waals surface area contributed by atoms with Gasteiger partial charge in [-0.25, -0.2) is 10.2 Å². The average Bonchev–Trinajstić information content (AvgIpc) is 2.38. The van der Waals surface area contributed by atoms with E-state index in [-0.39, 0.29) is 5.82 Å². The first-order valence-corrected chi connectivity index (χ1v) is 6.69. The Balaban J connectivity index is 3.17. The summed E-state index contributed by atoms with van der Waals surface area (Å²) < 4.78 is 13.5. The highest BCUT2D eigenvalue weighted by Crippen LogP contribution is 2.31. The van der Waals surface area contributed by atoms with Crippen molar-refractivity contribution in [2.75, 3.05) is 18.1 Å². The summed E-state index contributed by atoms with van der Waals surface area (Å²) >= 11 is 0. The fourth-order valence-corrected chi connectivity index (χ4v) is 2.17. The molecule has 0 aliphatic carbocycles. The SMILES string of the molecule is C/C=C(\c1ccc(F)cc1N(N)CCCN)C(C)C. The summed E-state index contributed by atoms with van der Waals surface area (Å²) in [5, 5.41) is 1.58. The molecule has 0 saturated carbocycles. The van der Waals surface area contributed by atoms with E-state index in [4.69, 9.17) is 11.6 Å². The Hall–Kier alpha value is -1.39. The van der Waals surface area contributed by atoms with Gasteiger partial charge in [-0.15, -0.1) is 0 Å². The van der Waals surface area contributed by atoms with Crippen molar-refractivity contribution in [1.29, 1.82) is 0 Å². The molecular formula is C15H24FN3. The molecule has 1 rings (SSSR count). The fourth-order valence-electron chi connectivity index (χ4n) is 2.17. The van der Waals surface area contributed by atoms with Crippen LogP contribution in [0.5, 0.6) is 0 Å². The molecule has 0 amide bonds. The van der Waals surface area contributed by atoms with Gasteiger partial charge in [0.15, 0.2) is 0 Å². The van der Waals surface area contributed by atoms with E-state index in [9.17, 15) is 4.39 Å². The van der Waals surface area contributed by atoms with E-state index in [1.165, 1.54) is 12.1 Å². The molecule has 3 nitrogen and oxygen atoms in total. The van der Waals surface area contributed by atoms with Gasteiger partial charge in [0.2, 0.25) is 0 Å². The maximum absolute atomic E-state index is 13.5. The maximum Gasteiger partial charge on any atom is 0.125 e. The predicted octanol–water partition coefficient (Wildman–Crippen LogP) is 2.91. The van der Waals surface area contributed by atoms with Crippen molar-refractivity contribution >= 4 is 11.3 Å². The van der Waals surface area contributed by atoms with Crippen molar-refractivity contribution in [3.05, 3.63) is 35.7 Å². The smallest absolute Gasteiger partial charge is 0.125 e. The molecule has 0 spiro atoms. The van der Waals surface area contributed by atoms with Crippen LogP contribution in [0.2, 0.25) is 0 Å². The molecule has 0 atom stereocenters. The highest BCUT2D eigenvalue weighted by Gasteiger charge is 2.14. The van der Waals surface area contributed by atoms with Crippen LogP contribution in [-0.2, 0) is 0 Å². The number of benzene rings is 1. The second kappa shape index (κ2) is 7.26. The van der Waals surface area contributed by atoms with Crippen LogP contribution in [0, 0.1) is 11.7 Å². The Morgan fingerprint density at radius 2 is 2.11 bits per heavy atom. The van der Waals surface area contributed by atoms with Crippen LogP contribution in [0.1, 0.15) is 32.8 Å². The van der Waals surface area contributed by atoms with E-state index in [1.807, 2.05) is 6.92 Å². The first-order valence-electron chi connectivity index (χ1n) is 6.69. The summed E-state index contributed by atoms with van der Waals surface area (Å²) in [6.45, 7) is 7.40. The van der Waals surface area contributed by atoms with Crippen molar-refractivity contribution in [3.63, 3.8) is 0 Å². The normalized spacial score (nSPS) is 12.1. The van der Waals surface area contributed by atoms with Crippen LogP contribution in [0.4, 0.5) is 10.1 Å². The lowest BCUT2D eigenvalue weighted by molar-refractivity contribution is 0.625. The number of nitrogens with two attached hydrogens (primary N) is 2. The predicted molar refractivity (Wildman–Crippen MR) is 80.1 cm³/mol. The second-order valence-corrected chi connectivity index (χ2v) is 4.90.